The monoisotopic (exact) mass is 256 g/mol. The average Bonchev–Trinajstić information content (AvgIpc) is 2.15. The fourth-order valence-electron chi connectivity index (χ4n) is 1.30. The Kier molecular flexibility index (Phi) is 4.14. The lowest BCUT2D eigenvalue weighted by molar-refractivity contribution is -0.137. The van der Waals surface area contributed by atoms with Crippen molar-refractivity contribution in [2.45, 2.75) is 25.7 Å². The molecular formula is C11H13BrO2. The smallest absolute Gasteiger partial charge is 0.303 e. The molecule has 0 saturated carbocycles. The summed E-state index contributed by atoms with van der Waals surface area (Å²) >= 11 is 3.36. The van der Waals surface area contributed by atoms with Gasteiger partial charge in [-0.1, -0.05) is 35.0 Å². The molecule has 0 amide bonds. The standard InChI is InChI=1S/C11H13BrO2/c1-8(2-7-11(13)14)9-3-5-10(12)6-4-9/h3-6,8H,2,7H2,1H3,(H,13,14)/t8-/m1/s1. The van der Waals surface area contributed by atoms with Crippen LogP contribution in [0.15, 0.2) is 28.7 Å². The molecule has 0 aromatic heterocycles. The number of halogens is 1. The van der Waals surface area contributed by atoms with Gasteiger partial charge in [-0.3, -0.25) is 4.79 Å². The number of hydrogen-bond acceptors (Lipinski definition) is 1. The fourth-order valence-corrected chi connectivity index (χ4v) is 1.56. The molecule has 0 aliphatic heterocycles. The van der Waals surface area contributed by atoms with E-state index in [1.54, 1.807) is 0 Å². The van der Waals surface area contributed by atoms with Crippen molar-refractivity contribution in [2.75, 3.05) is 0 Å². The molecule has 0 bridgehead atoms. The third-order valence-electron chi connectivity index (χ3n) is 2.23. The maximum atomic E-state index is 10.4. The summed E-state index contributed by atoms with van der Waals surface area (Å²) in [5.74, 6) is -0.423. The third-order valence-corrected chi connectivity index (χ3v) is 2.76. The highest BCUT2D eigenvalue weighted by molar-refractivity contribution is 9.10. The first-order valence-corrected chi connectivity index (χ1v) is 5.36. The van der Waals surface area contributed by atoms with E-state index >= 15 is 0 Å². The van der Waals surface area contributed by atoms with E-state index in [-0.39, 0.29) is 6.42 Å². The summed E-state index contributed by atoms with van der Waals surface area (Å²) in [4.78, 5) is 10.4. The van der Waals surface area contributed by atoms with Gasteiger partial charge in [0.1, 0.15) is 0 Å². The van der Waals surface area contributed by atoms with Crippen molar-refractivity contribution in [3.63, 3.8) is 0 Å². The zero-order valence-corrected chi connectivity index (χ0v) is 9.62. The topological polar surface area (TPSA) is 37.3 Å². The molecule has 1 atom stereocenters. The van der Waals surface area contributed by atoms with Crippen molar-refractivity contribution in [2.24, 2.45) is 0 Å². The lowest BCUT2D eigenvalue weighted by Crippen LogP contribution is -1.99. The Hall–Kier alpha value is -0.830. The van der Waals surface area contributed by atoms with Crippen LogP contribution in [0.1, 0.15) is 31.2 Å². The van der Waals surface area contributed by atoms with Gasteiger partial charge >= 0.3 is 5.97 Å². The quantitative estimate of drug-likeness (QED) is 0.897. The number of hydrogen-bond donors (Lipinski definition) is 1. The lowest BCUT2D eigenvalue weighted by atomic mass is 9.96. The van der Waals surface area contributed by atoms with Crippen LogP contribution >= 0.6 is 15.9 Å². The van der Waals surface area contributed by atoms with Crippen LogP contribution in [-0.2, 0) is 4.79 Å². The van der Waals surface area contributed by atoms with Gasteiger partial charge in [0.2, 0.25) is 0 Å². The maximum absolute atomic E-state index is 10.4. The minimum absolute atomic E-state index is 0.233. The molecule has 0 heterocycles. The summed E-state index contributed by atoms with van der Waals surface area (Å²) in [5, 5.41) is 8.55. The van der Waals surface area contributed by atoms with Crippen molar-refractivity contribution in [3.8, 4) is 0 Å². The minimum Gasteiger partial charge on any atom is -0.481 e. The molecule has 0 unspecified atom stereocenters. The van der Waals surface area contributed by atoms with Crippen LogP contribution in [-0.4, -0.2) is 11.1 Å². The number of carboxylic acids is 1. The zero-order chi connectivity index (χ0) is 10.6. The summed E-state index contributed by atoms with van der Waals surface area (Å²) in [6.45, 7) is 2.05. The van der Waals surface area contributed by atoms with Crippen molar-refractivity contribution in [3.05, 3.63) is 34.3 Å². The predicted octanol–water partition coefficient (Wildman–Crippen LogP) is 3.42. The van der Waals surface area contributed by atoms with Crippen LogP contribution in [0.4, 0.5) is 0 Å². The molecule has 1 aromatic carbocycles. The second-order valence-electron chi connectivity index (χ2n) is 3.39. The van der Waals surface area contributed by atoms with Crippen LogP contribution in [0.3, 0.4) is 0 Å². The molecule has 1 rings (SSSR count). The molecule has 0 aliphatic carbocycles. The summed E-state index contributed by atoms with van der Waals surface area (Å²) < 4.78 is 1.05. The van der Waals surface area contributed by atoms with E-state index in [1.807, 2.05) is 31.2 Å². The average molecular weight is 257 g/mol. The SMILES string of the molecule is C[C@H](CCC(=O)O)c1ccc(Br)cc1. The van der Waals surface area contributed by atoms with Crippen LogP contribution in [0, 0.1) is 0 Å². The Morgan fingerprint density at radius 1 is 1.43 bits per heavy atom. The minimum atomic E-state index is -0.728. The van der Waals surface area contributed by atoms with Gasteiger partial charge in [0, 0.05) is 10.9 Å². The molecule has 0 spiro atoms. The zero-order valence-electron chi connectivity index (χ0n) is 8.03. The molecule has 3 heteroatoms. The van der Waals surface area contributed by atoms with E-state index in [9.17, 15) is 4.79 Å². The number of benzene rings is 1. The highest BCUT2D eigenvalue weighted by Crippen LogP contribution is 2.22. The van der Waals surface area contributed by atoms with Gasteiger partial charge in [-0.25, -0.2) is 0 Å². The lowest BCUT2D eigenvalue weighted by Gasteiger charge is -2.09. The van der Waals surface area contributed by atoms with Crippen molar-refractivity contribution in [1.82, 2.24) is 0 Å². The first-order valence-electron chi connectivity index (χ1n) is 4.57. The molecular weight excluding hydrogens is 244 g/mol. The second-order valence-corrected chi connectivity index (χ2v) is 4.30. The molecule has 2 nitrogen and oxygen atoms in total. The van der Waals surface area contributed by atoms with Gasteiger partial charge in [-0.05, 0) is 30.0 Å². The van der Waals surface area contributed by atoms with Crippen molar-refractivity contribution >= 4 is 21.9 Å². The van der Waals surface area contributed by atoms with Gasteiger partial charge < -0.3 is 5.11 Å². The van der Waals surface area contributed by atoms with E-state index in [0.29, 0.717) is 12.3 Å². The van der Waals surface area contributed by atoms with E-state index in [4.69, 9.17) is 5.11 Å². The number of rotatable bonds is 4. The van der Waals surface area contributed by atoms with E-state index in [2.05, 4.69) is 15.9 Å². The Morgan fingerprint density at radius 2 is 2.00 bits per heavy atom. The summed E-state index contributed by atoms with van der Waals surface area (Å²) in [6.07, 6.45) is 0.925. The third kappa shape index (κ3) is 3.50. The van der Waals surface area contributed by atoms with E-state index in [1.165, 1.54) is 5.56 Å². The molecule has 1 N–H and O–H groups in total. The van der Waals surface area contributed by atoms with Gasteiger partial charge in [0.25, 0.3) is 0 Å². The normalized spacial score (nSPS) is 12.4. The molecule has 0 fully saturated rings. The van der Waals surface area contributed by atoms with Crippen molar-refractivity contribution < 1.29 is 9.90 Å². The van der Waals surface area contributed by atoms with Crippen LogP contribution < -0.4 is 0 Å². The molecule has 76 valence electrons. The van der Waals surface area contributed by atoms with E-state index in [0.717, 1.165) is 4.47 Å². The summed E-state index contributed by atoms with van der Waals surface area (Å²) in [5.41, 5.74) is 1.19. The Morgan fingerprint density at radius 3 is 2.50 bits per heavy atom. The van der Waals surface area contributed by atoms with E-state index < -0.39 is 5.97 Å². The van der Waals surface area contributed by atoms with Crippen LogP contribution in [0.5, 0.6) is 0 Å². The van der Waals surface area contributed by atoms with Gasteiger partial charge in [-0.2, -0.15) is 0 Å². The molecule has 14 heavy (non-hydrogen) atoms. The number of carboxylic acid groups (broad SMARTS) is 1. The maximum Gasteiger partial charge on any atom is 0.303 e. The fraction of sp³-hybridized carbons (Fsp3) is 0.364. The number of carbonyl (C=O) groups is 1. The van der Waals surface area contributed by atoms with Gasteiger partial charge in [0.05, 0.1) is 0 Å². The Balaban J connectivity index is 2.56. The largest absolute Gasteiger partial charge is 0.481 e. The van der Waals surface area contributed by atoms with Crippen LogP contribution in [0.2, 0.25) is 0 Å². The first-order chi connectivity index (χ1) is 6.59. The van der Waals surface area contributed by atoms with Crippen molar-refractivity contribution in [1.29, 1.82) is 0 Å². The number of aliphatic carboxylic acids is 1. The Bertz CT molecular complexity index is 306. The predicted molar refractivity (Wildman–Crippen MR) is 59.4 cm³/mol. The Labute approximate surface area is 92.1 Å². The summed E-state index contributed by atoms with van der Waals surface area (Å²) in [6, 6.07) is 8.01. The molecule has 1 aromatic rings. The first kappa shape index (κ1) is 11.2. The highest BCUT2D eigenvalue weighted by atomic mass is 79.9. The second kappa shape index (κ2) is 5.15. The van der Waals surface area contributed by atoms with Gasteiger partial charge in [0.15, 0.2) is 0 Å². The highest BCUT2D eigenvalue weighted by Gasteiger charge is 2.07. The molecule has 0 saturated heterocycles. The van der Waals surface area contributed by atoms with Gasteiger partial charge in [-0.15, -0.1) is 0 Å². The summed E-state index contributed by atoms with van der Waals surface area (Å²) in [7, 11) is 0. The van der Waals surface area contributed by atoms with Crippen LogP contribution in [0.25, 0.3) is 0 Å². The molecule has 0 radical (unpaired) electrons. The molecule has 0 aliphatic rings.